The normalized spacial score (nSPS) is 18.7. The van der Waals surface area contributed by atoms with Gasteiger partial charge < -0.3 is 15.0 Å². The number of nitrogens with one attached hydrogen (secondary N) is 1. The Morgan fingerprint density at radius 1 is 1.30 bits per heavy atom. The van der Waals surface area contributed by atoms with Crippen LogP contribution in [-0.4, -0.2) is 32.8 Å². The molecule has 1 aliphatic rings. The van der Waals surface area contributed by atoms with Gasteiger partial charge in [0.1, 0.15) is 0 Å². The van der Waals surface area contributed by atoms with Crippen LogP contribution < -0.4 is 10.2 Å². The molecule has 0 saturated heterocycles. The van der Waals surface area contributed by atoms with Gasteiger partial charge in [-0.2, -0.15) is 0 Å². The summed E-state index contributed by atoms with van der Waals surface area (Å²) in [5.74, 6) is 0. The molecule has 1 aromatic rings. The Morgan fingerprint density at radius 2 is 2.15 bits per heavy atom. The van der Waals surface area contributed by atoms with Crippen molar-refractivity contribution in [2.24, 2.45) is 0 Å². The average Bonchev–Trinajstić information content (AvgIpc) is 2.66. The van der Waals surface area contributed by atoms with Crippen LogP contribution in [0.5, 0.6) is 0 Å². The Morgan fingerprint density at radius 3 is 2.95 bits per heavy atom. The summed E-state index contributed by atoms with van der Waals surface area (Å²) in [5.41, 5.74) is 2.84. The zero-order valence-corrected chi connectivity index (χ0v) is 12.9. The molecule has 0 spiro atoms. The highest BCUT2D eigenvalue weighted by Gasteiger charge is 2.21. The number of hydrogen-bond acceptors (Lipinski definition) is 3. The highest BCUT2D eigenvalue weighted by Crippen LogP contribution is 2.32. The molecular formula is C17H28N2O. The first kappa shape index (κ1) is 15.3. The highest BCUT2D eigenvalue weighted by molar-refractivity contribution is 5.55. The topological polar surface area (TPSA) is 24.5 Å². The number of rotatable bonds is 7. The minimum atomic E-state index is 0.503. The number of benzene rings is 1. The molecule has 0 aliphatic carbocycles. The second-order valence-corrected chi connectivity index (χ2v) is 5.39. The first-order valence-corrected chi connectivity index (χ1v) is 8.01. The zero-order valence-electron chi connectivity index (χ0n) is 12.9. The maximum Gasteiger partial charge on any atom is 0.0641 e. The van der Waals surface area contributed by atoms with E-state index in [1.807, 2.05) is 0 Å². The Balaban J connectivity index is 2.12. The van der Waals surface area contributed by atoms with Gasteiger partial charge >= 0.3 is 0 Å². The number of nitrogens with zero attached hydrogens (tertiary/aromatic N) is 1. The van der Waals surface area contributed by atoms with E-state index in [9.17, 15) is 0 Å². The van der Waals surface area contributed by atoms with E-state index in [0.29, 0.717) is 6.04 Å². The standard InChI is InChI=1S/C17H28N2O/c1-3-11-18-16-9-7-12-19(13-14-20-4-2)17-10-6-5-8-15(16)17/h5-6,8,10,16,18H,3-4,7,9,11-14H2,1-2H3. The van der Waals surface area contributed by atoms with Crippen molar-refractivity contribution in [1.29, 1.82) is 0 Å². The minimum absolute atomic E-state index is 0.503. The van der Waals surface area contributed by atoms with E-state index in [2.05, 4.69) is 48.3 Å². The molecule has 112 valence electrons. The van der Waals surface area contributed by atoms with Crippen LogP contribution >= 0.6 is 0 Å². The lowest BCUT2D eigenvalue weighted by Gasteiger charge is -2.26. The molecule has 20 heavy (non-hydrogen) atoms. The maximum absolute atomic E-state index is 5.53. The van der Waals surface area contributed by atoms with Crippen molar-refractivity contribution in [3.63, 3.8) is 0 Å². The van der Waals surface area contributed by atoms with Crippen LogP contribution in [0.1, 0.15) is 44.7 Å². The van der Waals surface area contributed by atoms with Gasteiger partial charge in [0.25, 0.3) is 0 Å². The lowest BCUT2D eigenvalue weighted by molar-refractivity contribution is 0.154. The summed E-state index contributed by atoms with van der Waals surface area (Å²) < 4.78 is 5.53. The van der Waals surface area contributed by atoms with Crippen LogP contribution in [-0.2, 0) is 4.74 Å². The van der Waals surface area contributed by atoms with Crippen LogP contribution in [0, 0.1) is 0 Å². The van der Waals surface area contributed by atoms with E-state index in [1.54, 1.807) is 0 Å². The molecule has 3 nitrogen and oxygen atoms in total. The lowest BCUT2D eigenvalue weighted by atomic mass is 10.0. The van der Waals surface area contributed by atoms with Crippen molar-refractivity contribution >= 4 is 5.69 Å². The number of fused-ring (bicyclic) bond motifs is 1. The van der Waals surface area contributed by atoms with Gasteiger partial charge in [0.15, 0.2) is 0 Å². The molecular weight excluding hydrogens is 248 g/mol. The first-order valence-electron chi connectivity index (χ1n) is 8.01. The molecule has 0 bridgehead atoms. The number of ether oxygens (including phenoxy) is 1. The van der Waals surface area contributed by atoms with Crippen molar-refractivity contribution in [3.05, 3.63) is 29.8 Å². The first-order chi connectivity index (χ1) is 9.86. The third-order valence-corrected chi connectivity index (χ3v) is 3.92. The van der Waals surface area contributed by atoms with Crippen molar-refractivity contribution in [3.8, 4) is 0 Å². The quantitative estimate of drug-likeness (QED) is 0.773. The summed E-state index contributed by atoms with van der Waals surface area (Å²) in [4.78, 5) is 2.48. The largest absolute Gasteiger partial charge is 0.380 e. The summed E-state index contributed by atoms with van der Waals surface area (Å²) in [6, 6.07) is 9.35. The number of para-hydroxylation sites is 1. The van der Waals surface area contributed by atoms with E-state index >= 15 is 0 Å². The van der Waals surface area contributed by atoms with E-state index < -0.39 is 0 Å². The summed E-state index contributed by atoms with van der Waals surface area (Å²) in [7, 11) is 0. The summed E-state index contributed by atoms with van der Waals surface area (Å²) in [6.07, 6.45) is 3.65. The fourth-order valence-corrected chi connectivity index (χ4v) is 2.91. The number of anilines is 1. The van der Waals surface area contributed by atoms with Gasteiger partial charge in [-0.05, 0) is 44.4 Å². The smallest absolute Gasteiger partial charge is 0.0641 e. The second kappa shape index (κ2) is 8.28. The molecule has 1 heterocycles. The Bertz CT molecular complexity index is 394. The Labute approximate surface area is 123 Å². The summed E-state index contributed by atoms with van der Waals surface area (Å²) in [6.45, 7) is 9.12. The van der Waals surface area contributed by atoms with Gasteiger partial charge in [-0.25, -0.2) is 0 Å². The molecule has 3 heteroatoms. The average molecular weight is 276 g/mol. The summed E-state index contributed by atoms with van der Waals surface area (Å²) in [5, 5.41) is 3.70. The zero-order chi connectivity index (χ0) is 14.2. The van der Waals surface area contributed by atoms with Gasteiger partial charge in [0.2, 0.25) is 0 Å². The van der Waals surface area contributed by atoms with Gasteiger partial charge in [0, 0.05) is 31.4 Å². The molecule has 2 rings (SSSR count). The second-order valence-electron chi connectivity index (χ2n) is 5.39. The molecule has 1 aliphatic heterocycles. The molecule has 0 aromatic heterocycles. The fourth-order valence-electron chi connectivity index (χ4n) is 2.91. The Hall–Kier alpha value is -1.06. The van der Waals surface area contributed by atoms with Gasteiger partial charge in [-0.1, -0.05) is 25.1 Å². The predicted octanol–water partition coefficient (Wildman–Crippen LogP) is 3.36. The maximum atomic E-state index is 5.53. The SMILES string of the molecule is CCCNC1CCCN(CCOCC)c2ccccc21. The number of hydrogen-bond donors (Lipinski definition) is 1. The molecule has 1 unspecified atom stereocenters. The fraction of sp³-hybridized carbons (Fsp3) is 0.647. The van der Waals surface area contributed by atoms with E-state index in [-0.39, 0.29) is 0 Å². The summed E-state index contributed by atoms with van der Waals surface area (Å²) >= 11 is 0. The van der Waals surface area contributed by atoms with Crippen LogP contribution in [0.4, 0.5) is 5.69 Å². The van der Waals surface area contributed by atoms with E-state index in [4.69, 9.17) is 4.74 Å². The molecule has 0 radical (unpaired) electrons. The van der Waals surface area contributed by atoms with Gasteiger partial charge in [-0.3, -0.25) is 0 Å². The van der Waals surface area contributed by atoms with Crippen molar-refractivity contribution < 1.29 is 4.74 Å². The lowest BCUT2D eigenvalue weighted by Crippen LogP contribution is -2.28. The predicted molar refractivity (Wildman–Crippen MR) is 85.4 cm³/mol. The van der Waals surface area contributed by atoms with Crippen molar-refractivity contribution in [2.75, 3.05) is 37.7 Å². The van der Waals surface area contributed by atoms with Crippen LogP contribution in [0.25, 0.3) is 0 Å². The van der Waals surface area contributed by atoms with Gasteiger partial charge in [0.05, 0.1) is 6.61 Å². The van der Waals surface area contributed by atoms with Crippen molar-refractivity contribution in [2.45, 2.75) is 39.2 Å². The molecule has 1 aromatic carbocycles. The molecule has 0 saturated carbocycles. The van der Waals surface area contributed by atoms with Gasteiger partial charge in [-0.15, -0.1) is 0 Å². The van der Waals surface area contributed by atoms with Crippen molar-refractivity contribution in [1.82, 2.24) is 5.32 Å². The minimum Gasteiger partial charge on any atom is -0.380 e. The molecule has 1 atom stereocenters. The third kappa shape index (κ3) is 3.97. The Kier molecular flexibility index (Phi) is 6.34. The van der Waals surface area contributed by atoms with Crippen LogP contribution in [0.2, 0.25) is 0 Å². The van der Waals surface area contributed by atoms with E-state index in [0.717, 1.165) is 32.8 Å². The molecule has 1 N–H and O–H groups in total. The monoisotopic (exact) mass is 276 g/mol. The van der Waals surface area contributed by atoms with E-state index in [1.165, 1.54) is 30.5 Å². The third-order valence-electron chi connectivity index (χ3n) is 3.92. The molecule has 0 fully saturated rings. The molecule has 0 amide bonds. The highest BCUT2D eigenvalue weighted by atomic mass is 16.5. The van der Waals surface area contributed by atoms with Crippen LogP contribution in [0.3, 0.4) is 0 Å². The van der Waals surface area contributed by atoms with Crippen LogP contribution in [0.15, 0.2) is 24.3 Å².